The van der Waals surface area contributed by atoms with Crippen molar-refractivity contribution in [2.75, 3.05) is 7.05 Å². The van der Waals surface area contributed by atoms with E-state index in [1.54, 1.807) is 31.3 Å². The standard InChI is InChI=1S/C18H21ClN2O3/c1-4-11(2)16(18(23)20-3)21-17(22)15-10-9-14(24-15)12-5-7-13(19)8-6-12/h5-11,16H,4H2,1-3H3,(H,20,23)(H,21,22)/t11-,16-/m0/s1. The van der Waals surface area contributed by atoms with E-state index in [9.17, 15) is 9.59 Å². The lowest BCUT2D eigenvalue weighted by molar-refractivity contribution is -0.123. The molecule has 6 heteroatoms. The Hall–Kier alpha value is -2.27. The Morgan fingerprint density at radius 1 is 1.17 bits per heavy atom. The molecule has 0 spiro atoms. The third-order valence-corrected chi connectivity index (χ3v) is 4.24. The molecule has 0 bridgehead atoms. The molecule has 128 valence electrons. The molecule has 0 aliphatic carbocycles. The fourth-order valence-corrected chi connectivity index (χ4v) is 2.42. The van der Waals surface area contributed by atoms with Crippen LogP contribution in [0.3, 0.4) is 0 Å². The van der Waals surface area contributed by atoms with E-state index in [2.05, 4.69) is 10.6 Å². The minimum atomic E-state index is -0.600. The maximum atomic E-state index is 12.4. The van der Waals surface area contributed by atoms with E-state index in [-0.39, 0.29) is 17.6 Å². The Bertz CT molecular complexity index is 709. The number of carbonyl (C=O) groups excluding carboxylic acids is 2. The number of rotatable bonds is 6. The van der Waals surface area contributed by atoms with Crippen molar-refractivity contribution < 1.29 is 14.0 Å². The minimum absolute atomic E-state index is 0.0135. The van der Waals surface area contributed by atoms with Crippen LogP contribution in [0.2, 0.25) is 5.02 Å². The quantitative estimate of drug-likeness (QED) is 0.839. The largest absolute Gasteiger partial charge is 0.451 e. The van der Waals surface area contributed by atoms with Gasteiger partial charge in [-0.3, -0.25) is 9.59 Å². The molecule has 1 aromatic heterocycles. The van der Waals surface area contributed by atoms with Crippen molar-refractivity contribution in [3.8, 4) is 11.3 Å². The Balaban J connectivity index is 2.15. The van der Waals surface area contributed by atoms with Crippen LogP contribution in [0.4, 0.5) is 0 Å². The van der Waals surface area contributed by atoms with Crippen LogP contribution in [0.15, 0.2) is 40.8 Å². The Morgan fingerprint density at radius 2 is 1.83 bits per heavy atom. The number of benzene rings is 1. The van der Waals surface area contributed by atoms with E-state index < -0.39 is 11.9 Å². The highest BCUT2D eigenvalue weighted by atomic mass is 35.5. The van der Waals surface area contributed by atoms with Crippen molar-refractivity contribution in [1.82, 2.24) is 10.6 Å². The third-order valence-electron chi connectivity index (χ3n) is 3.99. The highest BCUT2D eigenvalue weighted by Crippen LogP contribution is 2.24. The molecular weight excluding hydrogens is 328 g/mol. The van der Waals surface area contributed by atoms with E-state index in [0.29, 0.717) is 10.8 Å². The van der Waals surface area contributed by atoms with Crippen LogP contribution >= 0.6 is 11.6 Å². The first-order valence-electron chi connectivity index (χ1n) is 7.84. The molecule has 0 saturated carbocycles. The number of likely N-dealkylation sites (N-methyl/N-ethyl adjacent to an activating group) is 1. The number of halogens is 1. The van der Waals surface area contributed by atoms with Crippen molar-refractivity contribution in [3.05, 3.63) is 47.2 Å². The van der Waals surface area contributed by atoms with Gasteiger partial charge in [-0.05, 0) is 42.3 Å². The molecular formula is C18H21ClN2O3. The van der Waals surface area contributed by atoms with Crippen LogP contribution in [-0.4, -0.2) is 24.9 Å². The Kier molecular flexibility index (Phi) is 6.04. The molecule has 0 radical (unpaired) electrons. The van der Waals surface area contributed by atoms with Gasteiger partial charge in [0, 0.05) is 17.6 Å². The predicted octanol–water partition coefficient (Wildman–Crippen LogP) is 3.49. The van der Waals surface area contributed by atoms with E-state index >= 15 is 0 Å². The second-order valence-electron chi connectivity index (χ2n) is 5.62. The Labute approximate surface area is 146 Å². The van der Waals surface area contributed by atoms with Gasteiger partial charge >= 0.3 is 0 Å². The van der Waals surface area contributed by atoms with Crippen LogP contribution in [0.1, 0.15) is 30.8 Å². The molecule has 0 fully saturated rings. The van der Waals surface area contributed by atoms with E-state index in [4.69, 9.17) is 16.0 Å². The van der Waals surface area contributed by atoms with Crippen molar-refractivity contribution in [2.24, 2.45) is 5.92 Å². The van der Waals surface area contributed by atoms with Gasteiger partial charge in [0.1, 0.15) is 11.8 Å². The summed E-state index contributed by atoms with van der Waals surface area (Å²) in [5.74, 6) is 0.111. The maximum Gasteiger partial charge on any atom is 0.287 e. The number of amides is 2. The second kappa shape index (κ2) is 8.02. The van der Waals surface area contributed by atoms with Gasteiger partial charge < -0.3 is 15.1 Å². The molecule has 0 unspecified atom stereocenters. The van der Waals surface area contributed by atoms with Crippen LogP contribution in [0, 0.1) is 5.92 Å². The average Bonchev–Trinajstić information content (AvgIpc) is 3.09. The van der Waals surface area contributed by atoms with E-state index in [1.807, 2.05) is 26.0 Å². The molecule has 2 aromatic rings. The molecule has 2 amide bonds. The summed E-state index contributed by atoms with van der Waals surface area (Å²) < 4.78 is 5.61. The molecule has 0 aliphatic rings. The van der Waals surface area contributed by atoms with E-state index in [0.717, 1.165) is 12.0 Å². The minimum Gasteiger partial charge on any atom is -0.451 e. The lowest BCUT2D eigenvalue weighted by Gasteiger charge is -2.22. The van der Waals surface area contributed by atoms with Gasteiger partial charge in [-0.1, -0.05) is 31.9 Å². The zero-order valence-electron chi connectivity index (χ0n) is 13.9. The zero-order chi connectivity index (χ0) is 17.7. The first-order valence-corrected chi connectivity index (χ1v) is 8.22. The summed E-state index contributed by atoms with van der Waals surface area (Å²) in [4.78, 5) is 24.4. The summed E-state index contributed by atoms with van der Waals surface area (Å²) in [7, 11) is 1.55. The lowest BCUT2D eigenvalue weighted by Crippen LogP contribution is -2.49. The summed E-state index contributed by atoms with van der Waals surface area (Å²) in [5, 5.41) is 5.95. The summed E-state index contributed by atoms with van der Waals surface area (Å²) in [5.41, 5.74) is 0.822. The van der Waals surface area contributed by atoms with Crippen LogP contribution < -0.4 is 10.6 Å². The number of hydrogen-bond donors (Lipinski definition) is 2. The van der Waals surface area contributed by atoms with Gasteiger partial charge in [0.05, 0.1) is 0 Å². The fourth-order valence-electron chi connectivity index (χ4n) is 2.30. The first-order chi connectivity index (χ1) is 11.5. The molecule has 0 saturated heterocycles. The number of furan rings is 1. The number of hydrogen-bond acceptors (Lipinski definition) is 3. The highest BCUT2D eigenvalue weighted by Gasteiger charge is 2.26. The summed E-state index contributed by atoms with van der Waals surface area (Å²) >= 11 is 5.87. The molecule has 0 aliphatic heterocycles. The van der Waals surface area contributed by atoms with Crippen molar-refractivity contribution >= 4 is 23.4 Å². The third kappa shape index (κ3) is 4.17. The van der Waals surface area contributed by atoms with E-state index in [1.165, 1.54) is 0 Å². The highest BCUT2D eigenvalue weighted by molar-refractivity contribution is 6.30. The zero-order valence-corrected chi connectivity index (χ0v) is 14.7. The lowest BCUT2D eigenvalue weighted by atomic mass is 9.98. The van der Waals surface area contributed by atoms with Crippen LogP contribution in [0.25, 0.3) is 11.3 Å². The average molecular weight is 349 g/mol. The SMILES string of the molecule is CC[C@H](C)[C@H](NC(=O)c1ccc(-c2ccc(Cl)cc2)o1)C(=O)NC. The van der Waals surface area contributed by atoms with Crippen LogP contribution in [0.5, 0.6) is 0 Å². The van der Waals surface area contributed by atoms with Gasteiger partial charge in [0.25, 0.3) is 5.91 Å². The van der Waals surface area contributed by atoms with Gasteiger partial charge in [0.15, 0.2) is 5.76 Å². The number of nitrogens with one attached hydrogen (secondary N) is 2. The summed E-state index contributed by atoms with van der Waals surface area (Å²) in [6.07, 6.45) is 0.770. The fraction of sp³-hybridized carbons (Fsp3) is 0.333. The van der Waals surface area contributed by atoms with Gasteiger partial charge in [-0.2, -0.15) is 0 Å². The smallest absolute Gasteiger partial charge is 0.287 e. The molecule has 2 atom stereocenters. The molecule has 5 nitrogen and oxygen atoms in total. The normalized spacial score (nSPS) is 13.2. The summed E-state index contributed by atoms with van der Waals surface area (Å²) in [6.45, 7) is 3.89. The van der Waals surface area contributed by atoms with Crippen LogP contribution in [-0.2, 0) is 4.79 Å². The topological polar surface area (TPSA) is 71.3 Å². The second-order valence-corrected chi connectivity index (χ2v) is 6.06. The molecule has 1 aromatic carbocycles. The van der Waals surface area contributed by atoms with Gasteiger partial charge in [-0.15, -0.1) is 0 Å². The molecule has 1 heterocycles. The Morgan fingerprint density at radius 3 is 2.42 bits per heavy atom. The maximum absolute atomic E-state index is 12.4. The van der Waals surface area contributed by atoms with Crippen molar-refractivity contribution in [2.45, 2.75) is 26.3 Å². The predicted molar refractivity (Wildman–Crippen MR) is 93.9 cm³/mol. The van der Waals surface area contributed by atoms with Gasteiger partial charge in [-0.25, -0.2) is 0 Å². The van der Waals surface area contributed by atoms with Crippen molar-refractivity contribution in [3.63, 3.8) is 0 Å². The summed E-state index contributed by atoms with van der Waals surface area (Å²) in [6, 6.07) is 9.85. The molecule has 24 heavy (non-hydrogen) atoms. The van der Waals surface area contributed by atoms with Gasteiger partial charge in [0.2, 0.25) is 5.91 Å². The first kappa shape index (κ1) is 18.1. The monoisotopic (exact) mass is 348 g/mol. The number of carbonyl (C=O) groups is 2. The molecule has 2 rings (SSSR count). The van der Waals surface area contributed by atoms with Crippen molar-refractivity contribution in [1.29, 1.82) is 0 Å². The molecule has 2 N–H and O–H groups in total.